The third-order valence-electron chi connectivity index (χ3n) is 4.25. The molecule has 4 rings (SSSR count). The van der Waals surface area contributed by atoms with Crippen LogP contribution in [0.15, 0.2) is 58.3 Å². The molecule has 144 valence electrons. The molecule has 1 aromatic heterocycles. The SMILES string of the molecule is Cc1ccc(-c2csc(SCC(=O)NC[C@H]3COc4ccccc4O3)n2)cc1. The Kier molecular flexibility index (Phi) is 5.83. The second kappa shape index (κ2) is 8.67. The number of nitrogens with zero attached hydrogens (tertiary/aromatic N) is 1. The van der Waals surface area contributed by atoms with Crippen molar-refractivity contribution in [1.29, 1.82) is 0 Å². The third-order valence-corrected chi connectivity index (χ3v) is 6.27. The Bertz CT molecular complexity index is 956. The summed E-state index contributed by atoms with van der Waals surface area (Å²) in [6, 6.07) is 15.8. The fourth-order valence-corrected chi connectivity index (χ4v) is 4.42. The summed E-state index contributed by atoms with van der Waals surface area (Å²) >= 11 is 3.00. The highest BCUT2D eigenvalue weighted by Gasteiger charge is 2.21. The van der Waals surface area contributed by atoms with Crippen molar-refractivity contribution in [1.82, 2.24) is 10.3 Å². The van der Waals surface area contributed by atoms with Crippen molar-refractivity contribution in [3.63, 3.8) is 0 Å². The molecule has 5 nitrogen and oxygen atoms in total. The number of rotatable bonds is 6. The van der Waals surface area contributed by atoms with Gasteiger partial charge in [-0.2, -0.15) is 0 Å². The Hall–Kier alpha value is -2.51. The van der Waals surface area contributed by atoms with Gasteiger partial charge < -0.3 is 14.8 Å². The predicted octanol–water partition coefficient (Wildman–Crippen LogP) is 4.17. The van der Waals surface area contributed by atoms with Crippen molar-refractivity contribution in [2.24, 2.45) is 0 Å². The van der Waals surface area contributed by atoms with Crippen LogP contribution in [0.25, 0.3) is 11.3 Å². The highest BCUT2D eigenvalue weighted by atomic mass is 32.2. The average Bonchev–Trinajstić information content (AvgIpc) is 3.20. The van der Waals surface area contributed by atoms with Crippen molar-refractivity contribution < 1.29 is 14.3 Å². The zero-order valence-corrected chi connectivity index (χ0v) is 17.0. The van der Waals surface area contributed by atoms with Crippen LogP contribution < -0.4 is 14.8 Å². The van der Waals surface area contributed by atoms with Gasteiger partial charge in [-0.15, -0.1) is 11.3 Å². The molecule has 3 aromatic rings. The normalized spacial score (nSPS) is 15.2. The summed E-state index contributed by atoms with van der Waals surface area (Å²) in [5, 5.41) is 4.93. The minimum absolute atomic E-state index is 0.0421. The Labute approximate surface area is 172 Å². The summed E-state index contributed by atoms with van der Waals surface area (Å²) in [5.41, 5.74) is 3.26. The van der Waals surface area contributed by atoms with Gasteiger partial charge in [-0.05, 0) is 19.1 Å². The van der Waals surface area contributed by atoms with E-state index in [2.05, 4.69) is 41.5 Å². The van der Waals surface area contributed by atoms with E-state index in [1.165, 1.54) is 17.3 Å². The lowest BCUT2D eigenvalue weighted by atomic mass is 10.1. The first-order valence-electron chi connectivity index (χ1n) is 8.98. The molecule has 0 spiro atoms. The molecule has 1 N–H and O–H groups in total. The Morgan fingerprint density at radius 3 is 2.82 bits per heavy atom. The molecule has 1 atom stereocenters. The number of fused-ring (bicyclic) bond motifs is 1. The number of benzene rings is 2. The van der Waals surface area contributed by atoms with Crippen LogP contribution in [0.5, 0.6) is 11.5 Å². The lowest BCUT2D eigenvalue weighted by molar-refractivity contribution is -0.119. The van der Waals surface area contributed by atoms with Crippen molar-refractivity contribution >= 4 is 29.0 Å². The topological polar surface area (TPSA) is 60.5 Å². The number of carbonyl (C=O) groups excluding carboxylic acids is 1. The summed E-state index contributed by atoms with van der Waals surface area (Å²) in [5.74, 6) is 1.74. The molecule has 0 fully saturated rings. The Morgan fingerprint density at radius 1 is 1.21 bits per heavy atom. The smallest absolute Gasteiger partial charge is 0.230 e. The summed E-state index contributed by atoms with van der Waals surface area (Å²) in [6.45, 7) is 2.91. The fraction of sp³-hybridized carbons (Fsp3) is 0.238. The van der Waals surface area contributed by atoms with E-state index < -0.39 is 0 Å². The second-order valence-electron chi connectivity index (χ2n) is 6.46. The quantitative estimate of drug-likeness (QED) is 0.616. The van der Waals surface area contributed by atoms with Crippen LogP contribution in [0.1, 0.15) is 5.56 Å². The van der Waals surface area contributed by atoms with Gasteiger partial charge >= 0.3 is 0 Å². The number of ether oxygens (including phenoxy) is 2. The molecular formula is C21H20N2O3S2. The van der Waals surface area contributed by atoms with Crippen molar-refractivity contribution in [3.05, 3.63) is 59.5 Å². The zero-order valence-electron chi connectivity index (χ0n) is 15.4. The van der Waals surface area contributed by atoms with Crippen molar-refractivity contribution in [2.45, 2.75) is 17.4 Å². The number of aryl methyl sites for hydroxylation is 1. The zero-order chi connectivity index (χ0) is 19.3. The minimum Gasteiger partial charge on any atom is -0.486 e. The number of amides is 1. The van der Waals surface area contributed by atoms with Crippen LogP contribution in [0.3, 0.4) is 0 Å². The molecule has 2 aromatic carbocycles. The molecule has 7 heteroatoms. The summed E-state index contributed by atoms with van der Waals surface area (Å²) in [6.07, 6.45) is -0.183. The molecule has 1 amide bonds. The maximum absolute atomic E-state index is 12.2. The molecule has 28 heavy (non-hydrogen) atoms. The first kappa shape index (κ1) is 18.8. The molecular weight excluding hydrogens is 392 g/mol. The van der Waals surface area contributed by atoms with Crippen molar-refractivity contribution in [2.75, 3.05) is 18.9 Å². The molecule has 0 aliphatic carbocycles. The fourth-order valence-electron chi connectivity index (χ4n) is 2.75. The largest absolute Gasteiger partial charge is 0.486 e. The van der Waals surface area contributed by atoms with Gasteiger partial charge in [0.2, 0.25) is 5.91 Å². The number of para-hydroxylation sites is 2. The van der Waals surface area contributed by atoms with E-state index in [1.807, 2.05) is 29.6 Å². The maximum Gasteiger partial charge on any atom is 0.230 e. The standard InChI is InChI=1S/C21H20N2O3S2/c1-14-6-8-15(9-7-14)17-12-27-21(23-17)28-13-20(24)22-10-16-11-25-18-4-2-3-5-19(18)26-16/h2-9,12,16H,10-11,13H2,1H3,(H,22,24)/t16-/m0/s1. The van der Waals surface area contributed by atoms with Gasteiger partial charge in [0, 0.05) is 10.9 Å². The van der Waals surface area contributed by atoms with E-state index in [-0.39, 0.29) is 12.0 Å². The number of carbonyl (C=O) groups is 1. The summed E-state index contributed by atoms with van der Waals surface area (Å²) in [4.78, 5) is 16.8. The molecule has 0 saturated heterocycles. The molecule has 0 bridgehead atoms. The monoisotopic (exact) mass is 412 g/mol. The number of hydrogen-bond donors (Lipinski definition) is 1. The first-order valence-corrected chi connectivity index (χ1v) is 10.8. The van der Waals surface area contributed by atoms with Crippen LogP contribution in [-0.4, -0.2) is 35.9 Å². The van der Waals surface area contributed by atoms with E-state index in [9.17, 15) is 4.79 Å². The van der Waals surface area contributed by atoms with E-state index >= 15 is 0 Å². The van der Waals surface area contributed by atoms with Gasteiger partial charge in [-0.3, -0.25) is 4.79 Å². The van der Waals surface area contributed by atoms with Gasteiger partial charge in [0.25, 0.3) is 0 Å². The first-order chi connectivity index (χ1) is 13.7. The number of nitrogens with one attached hydrogen (secondary N) is 1. The lowest BCUT2D eigenvalue weighted by Gasteiger charge is -2.26. The number of thiazole rings is 1. The van der Waals surface area contributed by atoms with Gasteiger partial charge in [-0.25, -0.2) is 4.98 Å². The summed E-state index contributed by atoms with van der Waals surface area (Å²) < 4.78 is 12.4. The number of hydrogen-bond acceptors (Lipinski definition) is 6. The molecule has 0 unspecified atom stereocenters. The highest BCUT2D eigenvalue weighted by Crippen LogP contribution is 2.31. The van der Waals surface area contributed by atoms with Gasteiger partial charge in [0.1, 0.15) is 12.7 Å². The van der Waals surface area contributed by atoms with Crippen LogP contribution in [0.4, 0.5) is 0 Å². The van der Waals surface area contributed by atoms with Crippen LogP contribution in [0.2, 0.25) is 0 Å². The van der Waals surface area contributed by atoms with E-state index in [0.29, 0.717) is 24.7 Å². The van der Waals surface area contributed by atoms with Crippen LogP contribution in [-0.2, 0) is 4.79 Å². The Morgan fingerprint density at radius 2 is 2.00 bits per heavy atom. The van der Waals surface area contributed by atoms with Crippen molar-refractivity contribution in [3.8, 4) is 22.8 Å². The van der Waals surface area contributed by atoms with Gasteiger partial charge in [0.15, 0.2) is 15.8 Å². The van der Waals surface area contributed by atoms with E-state index in [0.717, 1.165) is 21.3 Å². The molecule has 1 aliphatic heterocycles. The van der Waals surface area contributed by atoms with Gasteiger partial charge in [0.05, 0.1) is 18.0 Å². The van der Waals surface area contributed by atoms with Gasteiger partial charge in [-0.1, -0.05) is 53.7 Å². The molecule has 0 saturated carbocycles. The van der Waals surface area contributed by atoms with E-state index in [1.54, 1.807) is 11.3 Å². The number of thioether (sulfide) groups is 1. The predicted molar refractivity (Wildman–Crippen MR) is 112 cm³/mol. The molecule has 2 heterocycles. The van der Waals surface area contributed by atoms with Crippen LogP contribution in [0, 0.1) is 6.92 Å². The minimum atomic E-state index is -0.183. The highest BCUT2D eigenvalue weighted by molar-refractivity contribution is 8.01. The second-order valence-corrected chi connectivity index (χ2v) is 8.54. The lowest BCUT2D eigenvalue weighted by Crippen LogP contribution is -2.41. The Balaban J connectivity index is 1.24. The molecule has 1 aliphatic rings. The van der Waals surface area contributed by atoms with Crippen LogP contribution >= 0.6 is 23.1 Å². The maximum atomic E-state index is 12.2. The van der Waals surface area contributed by atoms with E-state index in [4.69, 9.17) is 9.47 Å². The molecule has 0 radical (unpaired) electrons. The average molecular weight is 413 g/mol. The summed E-state index contributed by atoms with van der Waals surface area (Å²) in [7, 11) is 0. The number of aromatic nitrogens is 1. The third kappa shape index (κ3) is 4.66.